The van der Waals surface area contributed by atoms with Crippen LogP contribution in [0.15, 0.2) is 0 Å². The van der Waals surface area contributed by atoms with Crippen molar-refractivity contribution in [3.05, 3.63) is 0 Å². The predicted molar refractivity (Wildman–Crippen MR) is 29.3 cm³/mol. The van der Waals surface area contributed by atoms with Crippen LogP contribution in [0.1, 0.15) is 12.8 Å². The Morgan fingerprint density at radius 1 is 1.38 bits per heavy atom. The van der Waals surface area contributed by atoms with E-state index in [2.05, 4.69) is 5.32 Å². The second kappa shape index (κ2) is 2.44. The molecule has 3 heteroatoms. The lowest BCUT2D eigenvalue weighted by Gasteiger charge is -2.23. The molecule has 1 aliphatic rings. The monoisotopic (exact) mass is 117 g/mol. The molecule has 8 heavy (non-hydrogen) atoms. The molecule has 1 rings (SSSR count). The van der Waals surface area contributed by atoms with Gasteiger partial charge < -0.3 is 10.2 Å². The fraction of sp³-hybridized carbons (Fsp3) is 1.00. The summed E-state index contributed by atoms with van der Waals surface area (Å²) in [5.41, 5.74) is 0. The van der Waals surface area contributed by atoms with E-state index in [-0.39, 0.29) is 0 Å². The second-order valence-electron chi connectivity index (χ2n) is 2.11. The third-order valence-electron chi connectivity index (χ3n) is 1.39. The standard InChI is InChI=1S/C5H11NO2/c7-4-2-1-3-6-5(4)8/h4-8H,1-3H2/t4-,5?/m0/s1. The molecular weight excluding hydrogens is 106 g/mol. The van der Waals surface area contributed by atoms with Crippen LogP contribution in [-0.4, -0.2) is 29.1 Å². The van der Waals surface area contributed by atoms with Gasteiger partial charge in [-0.25, -0.2) is 0 Å². The first-order valence-electron chi connectivity index (χ1n) is 2.90. The predicted octanol–water partition coefficient (Wildman–Crippen LogP) is -0.951. The molecule has 0 amide bonds. The largest absolute Gasteiger partial charge is 0.389 e. The number of rotatable bonds is 0. The number of nitrogens with one attached hydrogen (secondary N) is 1. The summed E-state index contributed by atoms with van der Waals surface area (Å²) in [6, 6.07) is 0. The van der Waals surface area contributed by atoms with E-state index in [4.69, 9.17) is 10.2 Å². The topological polar surface area (TPSA) is 52.5 Å². The minimum Gasteiger partial charge on any atom is -0.389 e. The molecule has 0 spiro atoms. The van der Waals surface area contributed by atoms with Crippen molar-refractivity contribution in [1.29, 1.82) is 0 Å². The van der Waals surface area contributed by atoms with Crippen molar-refractivity contribution in [1.82, 2.24) is 5.32 Å². The maximum atomic E-state index is 8.87. The van der Waals surface area contributed by atoms with Gasteiger partial charge in [0.05, 0.1) is 6.10 Å². The first-order valence-corrected chi connectivity index (χ1v) is 2.90. The van der Waals surface area contributed by atoms with Gasteiger partial charge >= 0.3 is 0 Å². The SMILES string of the molecule is OC1NCCC[C@@H]1O. The molecule has 0 aliphatic carbocycles. The lowest BCUT2D eigenvalue weighted by Crippen LogP contribution is -2.44. The molecule has 0 bridgehead atoms. The molecule has 1 unspecified atom stereocenters. The van der Waals surface area contributed by atoms with E-state index < -0.39 is 12.3 Å². The van der Waals surface area contributed by atoms with Crippen molar-refractivity contribution in [2.24, 2.45) is 0 Å². The molecule has 0 aromatic carbocycles. The van der Waals surface area contributed by atoms with E-state index in [1.54, 1.807) is 0 Å². The van der Waals surface area contributed by atoms with Crippen molar-refractivity contribution in [2.45, 2.75) is 25.2 Å². The summed E-state index contributed by atoms with van der Waals surface area (Å²) in [6.07, 6.45) is 0.430. The molecule has 48 valence electrons. The third kappa shape index (κ3) is 1.18. The highest BCUT2D eigenvalue weighted by Gasteiger charge is 2.18. The van der Waals surface area contributed by atoms with Gasteiger partial charge in [0, 0.05) is 0 Å². The Labute approximate surface area is 48.3 Å². The average molecular weight is 117 g/mol. The fourth-order valence-corrected chi connectivity index (χ4v) is 0.855. The zero-order valence-electron chi connectivity index (χ0n) is 4.67. The Balaban J connectivity index is 2.28. The van der Waals surface area contributed by atoms with Crippen molar-refractivity contribution < 1.29 is 10.2 Å². The van der Waals surface area contributed by atoms with Crippen LogP contribution in [-0.2, 0) is 0 Å². The highest BCUT2D eigenvalue weighted by atomic mass is 16.3. The van der Waals surface area contributed by atoms with Gasteiger partial charge in [-0.05, 0) is 19.4 Å². The van der Waals surface area contributed by atoms with Gasteiger partial charge in [-0.1, -0.05) is 0 Å². The van der Waals surface area contributed by atoms with E-state index in [1.807, 2.05) is 0 Å². The van der Waals surface area contributed by atoms with Gasteiger partial charge in [-0.2, -0.15) is 0 Å². The van der Waals surface area contributed by atoms with Crippen LogP contribution >= 0.6 is 0 Å². The normalized spacial score (nSPS) is 39.8. The molecule has 0 saturated carbocycles. The summed E-state index contributed by atoms with van der Waals surface area (Å²) in [5, 5.41) is 20.4. The molecule has 3 N–H and O–H groups in total. The van der Waals surface area contributed by atoms with Crippen molar-refractivity contribution in [2.75, 3.05) is 6.54 Å². The summed E-state index contributed by atoms with van der Waals surface area (Å²) < 4.78 is 0. The van der Waals surface area contributed by atoms with E-state index >= 15 is 0 Å². The zero-order valence-corrected chi connectivity index (χ0v) is 4.67. The molecule has 0 aromatic rings. The minimum absolute atomic E-state index is 0.552. The lowest BCUT2D eigenvalue weighted by atomic mass is 10.1. The minimum atomic E-state index is -0.691. The Morgan fingerprint density at radius 2 is 2.12 bits per heavy atom. The number of hydrogen-bond acceptors (Lipinski definition) is 3. The van der Waals surface area contributed by atoms with E-state index in [9.17, 15) is 0 Å². The summed E-state index contributed by atoms with van der Waals surface area (Å²) >= 11 is 0. The van der Waals surface area contributed by atoms with Crippen molar-refractivity contribution >= 4 is 0 Å². The van der Waals surface area contributed by atoms with Gasteiger partial charge in [-0.3, -0.25) is 5.32 Å². The van der Waals surface area contributed by atoms with Crippen molar-refractivity contribution in [3.63, 3.8) is 0 Å². The quantitative estimate of drug-likeness (QED) is 0.383. The molecule has 1 aliphatic heterocycles. The van der Waals surface area contributed by atoms with Crippen LogP contribution in [0.3, 0.4) is 0 Å². The molecule has 1 heterocycles. The summed E-state index contributed by atoms with van der Waals surface area (Å²) in [6.45, 7) is 0.818. The van der Waals surface area contributed by atoms with Gasteiger partial charge in [0.2, 0.25) is 0 Å². The van der Waals surface area contributed by atoms with E-state index in [0.717, 1.165) is 13.0 Å². The van der Waals surface area contributed by atoms with Crippen LogP contribution in [0.25, 0.3) is 0 Å². The van der Waals surface area contributed by atoms with E-state index in [0.29, 0.717) is 6.42 Å². The Bertz CT molecular complexity index is 66.8. The highest BCUT2D eigenvalue weighted by molar-refractivity contribution is 4.70. The number of aliphatic hydroxyl groups excluding tert-OH is 2. The van der Waals surface area contributed by atoms with Gasteiger partial charge in [0.25, 0.3) is 0 Å². The van der Waals surface area contributed by atoms with Crippen LogP contribution in [0, 0.1) is 0 Å². The lowest BCUT2D eigenvalue weighted by molar-refractivity contribution is -0.0226. The van der Waals surface area contributed by atoms with Crippen LogP contribution in [0.5, 0.6) is 0 Å². The molecule has 0 aromatic heterocycles. The summed E-state index contributed by atoms with van der Waals surface area (Å²) in [5.74, 6) is 0. The van der Waals surface area contributed by atoms with Crippen molar-refractivity contribution in [3.8, 4) is 0 Å². The smallest absolute Gasteiger partial charge is 0.131 e. The molecule has 1 saturated heterocycles. The van der Waals surface area contributed by atoms with Gasteiger partial charge in [0.1, 0.15) is 6.23 Å². The van der Waals surface area contributed by atoms with Gasteiger partial charge in [0.15, 0.2) is 0 Å². The Morgan fingerprint density at radius 3 is 2.50 bits per heavy atom. The Kier molecular flexibility index (Phi) is 1.83. The Hall–Kier alpha value is -0.120. The maximum absolute atomic E-state index is 8.87. The maximum Gasteiger partial charge on any atom is 0.131 e. The van der Waals surface area contributed by atoms with Gasteiger partial charge in [-0.15, -0.1) is 0 Å². The summed E-state index contributed by atoms with van der Waals surface area (Å²) in [4.78, 5) is 0. The first kappa shape index (κ1) is 6.01. The van der Waals surface area contributed by atoms with Crippen LogP contribution in [0.2, 0.25) is 0 Å². The average Bonchev–Trinajstić information content (AvgIpc) is 1.77. The molecule has 1 fully saturated rings. The summed E-state index contributed by atoms with van der Waals surface area (Å²) in [7, 11) is 0. The number of piperidine rings is 1. The zero-order chi connectivity index (χ0) is 5.98. The molecule has 2 atom stereocenters. The number of hydrogen-bond donors (Lipinski definition) is 3. The molecular formula is C5H11NO2. The number of aliphatic hydroxyl groups is 2. The molecule has 0 radical (unpaired) electrons. The highest BCUT2D eigenvalue weighted by Crippen LogP contribution is 2.04. The third-order valence-corrected chi connectivity index (χ3v) is 1.39. The first-order chi connectivity index (χ1) is 3.80. The van der Waals surface area contributed by atoms with Crippen LogP contribution < -0.4 is 5.32 Å². The van der Waals surface area contributed by atoms with Crippen LogP contribution in [0.4, 0.5) is 0 Å². The van der Waals surface area contributed by atoms with E-state index in [1.165, 1.54) is 0 Å². The molecule has 3 nitrogen and oxygen atoms in total. The second-order valence-corrected chi connectivity index (χ2v) is 2.11. The fourth-order valence-electron chi connectivity index (χ4n) is 0.855.